The first kappa shape index (κ1) is 19.6. The molecule has 2 heterocycles. The van der Waals surface area contributed by atoms with Gasteiger partial charge in [0.1, 0.15) is 4.90 Å². The second-order valence-electron chi connectivity index (χ2n) is 5.64. The molecule has 1 aliphatic heterocycles. The van der Waals surface area contributed by atoms with Crippen LogP contribution >= 0.6 is 38.9 Å². The maximum absolute atomic E-state index is 12.7. The van der Waals surface area contributed by atoms with Crippen LogP contribution in [0.1, 0.15) is 4.88 Å². The van der Waals surface area contributed by atoms with Crippen molar-refractivity contribution in [1.29, 1.82) is 0 Å². The number of rotatable bonds is 4. The van der Waals surface area contributed by atoms with Crippen LogP contribution in [0, 0.1) is 0 Å². The number of carbonyl (C=O) groups is 1. The number of hydrogen-bond acceptors (Lipinski definition) is 4. The topological polar surface area (TPSA) is 57.7 Å². The molecular formula is C17H16BrClN2O3S2. The lowest BCUT2D eigenvalue weighted by atomic mass is 10.3. The second kappa shape index (κ2) is 8.22. The molecule has 1 aromatic carbocycles. The molecule has 0 unspecified atom stereocenters. The van der Waals surface area contributed by atoms with Gasteiger partial charge < -0.3 is 4.90 Å². The average molecular weight is 476 g/mol. The van der Waals surface area contributed by atoms with Gasteiger partial charge in [0.25, 0.3) is 0 Å². The van der Waals surface area contributed by atoms with E-state index < -0.39 is 10.0 Å². The number of nitrogens with zero attached hydrogens (tertiary/aromatic N) is 2. The van der Waals surface area contributed by atoms with Crippen molar-refractivity contribution in [2.24, 2.45) is 0 Å². The summed E-state index contributed by atoms with van der Waals surface area (Å²) < 4.78 is 27.8. The minimum absolute atomic E-state index is 0.101. The summed E-state index contributed by atoms with van der Waals surface area (Å²) in [6.45, 7) is 1.19. The van der Waals surface area contributed by atoms with E-state index >= 15 is 0 Å². The minimum atomic E-state index is -3.65. The van der Waals surface area contributed by atoms with Gasteiger partial charge in [-0.15, -0.1) is 11.3 Å². The molecule has 1 fully saturated rings. The molecule has 26 heavy (non-hydrogen) atoms. The predicted octanol–water partition coefficient (Wildman–Crippen LogP) is 3.71. The first-order valence-electron chi connectivity index (χ1n) is 7.85. The number of amides is 1. The number of hydrogen-bond donors (Lipinski definition) is 0. The predicted molar refractivity (Wildman–Crippen MR) is 108 cm³/mol. The van der Waals surface area contributed by atoms with Crippen molar-refractivity contribution < 1.29 is 13.2 Å². The van der Waals surface area contributed by atoms with E-state index in [9.17, 15) is 13.2 Å². The average Bonchev–Trinajstić information content (AvgIpc) is 3.05. The molecule has 3 rings (SSSR count). The number of piperazine rings is 1. The maximum Gasteiger partial charge on any atom is 0.246 e. The maximum atomic E-state index is 12.7. The van der Waals surface area contributed by atoms with Crippen molar-refractivity contribution >= 4 is 60.9 Å². The highest BCUT2D eigenvalue weighted by molar-refractivity contribution is 9.11. The minimum Gasteiger partial charge on any atom is -0.337 e. The summed E-state index contributed by atoms with van der Waals surface area (Å²) in [5.41, 5.74) is 0. The fourth-order valence-electron chi connectivity index (χ4n) is 2.62. The Labute approximate surface area is 170 Å². The third kappa shape index (κ3) is 4.37. The molecule has 9 heteroatoms. The van der Waals surface area contributed by atoms with Gasteiger partial charge in [-0.05, 0) is 46.3 Å². The smallest absolute Gasteiger partial charge is 0.246 e. The van der Waals surface area contributed by atoms with Gasteiger partial charge >= 0.3 is 0 Å². The lowest BCUT2D eigenvalue weighted by molar-refractivity contribution is -0.127. The molecule has 0 saturated carbocycles. The fourth-order valence-corrected chi connectivity index (χ4v) is 5.86. The van der Waals surface area contributed by atoms with E-state index in [1.165, 1.54) is 27.8 Å². The van der Waals surface area contributed by atoms with E-state index in [0.717, 1.165) is 8.66 Å². The van der Waals surface area contributed by atoms with Crippen molar-refractivity contribution in [3.63, 3.8) is 0 Å². The molecule has 1 aromatic heterocycles. The molecule has 1 aliphatic rings. The zero-order valence-electron chi connectivity index (χ0n) is 13.6. The van der Waals surface area contributed by atoms with Crippen molar-refractivity contribution in [3.8, 4) is 0 Å². The van der Waals surface area contributed by atoms with Gasteiger partial charge in [0.05, 0.1) is 8.81 Å². The summed E-state index contributed by atoms with van der Waals surface area (Å²) in [5, 5.41) is 0.205. The second-order valence-corrected chi connectivity index (χ2v) is 10.4. The highest BCUT2D eigenvalue weighted by Gasteiger charge is 2.30. The monoisotopic (exact) mass is 474 g/mol. The van der Waals surface area contributed by atoms with Gasteiger partial charge in [0.2, 0.25) is 15.9 Å². The van der Waals surface area contributed by atoms with Crippen LogP contribution in [0.5, 0.6) is 0 Å². The first-order chi connectivity index (χ1) is 12.4. The summed E-state index contributed by atoms with van der Waals surface area (Å²) in [4.78, 5) is 15.0. The zero-order chi connectivity index (χ0) is 18.7. The Morgan fingerprint density at radius 3 is 2.42 bits per heavy atom. The molecule has 0 aliphatic carbocycles. The Balaban J connectivity index is 1.63. The summed E-state index contributed by atoms with van der Waals surface area (Å²) in [6, 6.07) is 10.2. The van der Waals surface area contributed by atoms with E-state index in [4.69, 9.17) is 11.6 Å². The molecule has 1 saturated heterocycles. The van der Waals surface area contributed by atoms with Crippen LogP contribution in [0.4, 0.5) is 0 Å². The Morgan fingerprint density at radius 1 is 1.12 bits per heavy atom. The van der Waals surface area contributed by atoms with E-state index in [2.05, 4.69) is 15.9 Å². The Morgan fingerprint density at radius 2 is 1.81 bits per heavy atom. The standard InChI is InChI=1S/C17H16BrClN2O3S2/c18-16-7-5-13(25-16)6-8-17(22)20-9-11-21(12-10-20)26(23,24)15-4-2-1-3-14(15)19/h1-8H,9-12H2. The van der Waals surface area contributed by atoms with Crippen molar-refractivity contribution in [2.45, 2.75) is 4.90 Å². The van der Waals surface area contributed by atoms with Crippen LogP contribution in [-0.4, -0.2) is 49.7 Å². The van der Waals surface area contributed by atoms with Crippen LogP contribution in [0.25, 0.3) is 6.08 Å². The summed E-state index contributed by atoms with van der Waals surface area (Å²) >= 11 is 10.9. The Kier molecular flexibility index (Phi) is 6.19. The molecule has 0 N–H and O–H groups in total. The van der Waals surface area contributed by atoms with Gasteiger partial charge in [-0.2, -0.15) is 4.31 Å². The largest absolute Gasteiger partial charge is 0.337 e. The van der Waals surface area contributed by atoms with E-state index in [0.29, 0.717) is 13.1 Å². The SMILES string of the molecule is O=C(C=Cc1ccc(Br)s1)N1CCN(S(=O)(=O)c2ccccc2Cl)CC1. The number of halogens is 2. The lowest BCUT2D eigenvalue weighted by Crippen LogP contribution is -2.50. The number of benzene rings is 1. The van der Waals surface area contributed by atoms with Gasteiger partial charge in [0.15, 0.2) is 0 Å². The number of thiophene rings is 1. The van der Waals surface area contributed by atoms with Crippen LogP contribution in [-0.2, 0) is 14.8 Å². The fraction of sp³-hybridized carbons (Fsp3) is 0.235. The Bertz CT molecular complexity index is 935. The molecule has 0 spiro atoms. The lowest BCUT2D eigenvalue weighted by Gasteiger charge is -2.33. The molecule has 138 valence electrons. The molecule has 0 radical (unpaired) electrons. The van der Waals surface area contributed by atoms with Crippen LogP contribution in [0.3, 0.4) is 0 Å². The normalized spacial score (nSPS) is 16.3. The Hall–Kier alpha value is -1.19. The van der Waals surface area contributed by atoms with Gasteiger partial charge in [-0.25, -0.2) is 8.42 Å². The van der Waals surface area contributed by atoms with Crippen LogP contribution in [0.15, 0.2) is 51.2 Å². The molecule has 0 bridgehead atoms. The van der Waals surface area contributed by atoms with Gasteiger partial charge in [-0.1, -0.05) is 23.7 Å². The third-order valence-corrected chi connectivity index (χ3v) is 7.98. The highest BCUT2D eigenvalue weighted by Crippen LogP contribution is 2.25. The van der Waals surface area contributed by atoms with Crippen LogP contribution in [0.2, 0.25) is 5.02 Å². The molecular weight excluding hydrogens is 460 g/mol. The van der Waals surface area contributed by atoms with Crippen molar-refractivity contribution in [3.05, 3.63) is 56.2 Å². The molecule has 1 amide bonds. The van der Waals surface area contributed by atoms with E-state index in [1.807, 2.05) is 12.1 Å². The summed E-state index contributed by atoms with van der Waals surface area (Å²) in [6.07, 6.45) is 3.29. The van der Waals surface area contributed by atoms with Crippen molar-refractivity contribution in [1.82, 2.24) is 9.21 Å². The van der Waals surface area contributed by atoms with Gasteiger partial charge in [0, 0.05) is 37.1 Å². The van der Waals surface area contributed by atoms with Crippen molar-refractivity contribution in [2.75, 3.05) is 26.2 Å². The number of carbonyl (C=O) groups excluding carboxylic acids is 1. The van der Waals surface area contributed by atoms with Crippen LogP contribution < -0.4 is 0 Å². The number of sulfonamides is 1. The zero-order valence-corrected chi connectivity index (χ0v) is 17.6. The summed E-state index contributed by atoms with van der Waals surface area (Å²) in [5.74, 6) is -0.121. The van der Waals surface area contributed by atoms with E-state index in [-0.39, 0.29) is 28.9 Å². The highest BCUT2D eigenvalue weighted by atomic mass is 79.9. The van der Waals surface area contributed by atoms with E-state index in [1.54, 1.807) is 29.2 Å². The quantitative estimate of drug-likeness (QED) is 0.634. The first-order valence-corrected chi connectivity index (χ1v) is 11.3. The third-order valence-electron chi connectivity index (χ3n) is 3.99. The molecule has 0 atom stereocenters. The molecule has 5 nitrogen and oxygen atoms in total. The summed E-state index contributed by atoms with van der Waals surface area (Å²) in [7, 11) is -3.65. The molecule has 2 aromatic rings. The van der Waals surface area contributed by atoms with Gasteiger partial charge in [-0.3, -0.25) is 4.79 Å².